The van der Waals surface area contributed by atoms with Gasteiger partial charge in [0.05, 0.1) is 17.0 Å². The number of nitrogens with zero attached hydrogens (tertiary/aromatic N) is 2. The fourth-order valence-corrected chi connectivity index (χ4v) is 6.86. The molecule has 2 aromatic carbocycles. The number of carbonyl (C=O) groups excluding carboxylic acids is 2. The predicted octanol–water partition coefficient (Wildman–Crippen LogP) is 2.23. The second-order valence-corrected chi connectivity index (χ2v) is 12.4. The Hall–Kier alpha value is -2.90. The third-order valence-corrected chi connectivity index (χ3v) is 9.57. The molecule has 1 unspecified atom stereocenters. The Balaban J connectivity index is 1.71. The number of imide groups is 1. The van der Waals surface area contributed by atoms with Crippen molar-refractivity contribution in [3.63, 3.8) is 0 Å². The van der Waals surface area contributed by atoms with Gasteiger partial charge in [-0.15, -0.1) is 11.3 Å². The molecule has 1 aliphatic rings. The quantitative estimate of drug-likeness (QED) is 0.476. The molecule has 3 aromatic rings. The average Bonchev–Trinajstić information content (AvgIpc) is 3.42. The van der Waals surface area contributed by atoms with Crippen LogP contribution in [-0.4, -0.2) is 39.0 Å². The minimum absolute atomic E-state index is 0.0656. The maximum atomic E-state index is 13.5. The monoisotopic (exact) mass is 519 g/mol. The minimum atomic E-state index is -4.08. The van der Waals surface area contributed by atoms with E-state index in [1.165, 1.54) is 30.3 Å². The van der Waals surface area contributed by atoms with E-state index < -0.39 is 37.9 Å². The molecule has 2 N–H and O–H groups in total. The molecule has 0 radical (unpaired) electrons. The Morgan fingerprint density at radius 2 is 1.65 bits per heavy atom. The van der Waals surface area contributed by atoms with Crippen LogP contribution in [0.25, 0.3) is 0 Å². The van der Waals surface area contributed by atoms with Gasteiger partial charge in [-0.05, 0) is 48.2 Å². The summed E-state index contributed by atoms with van der Waals surface area (Å²) in [5.41, 5.74) is 1.80. The summed E-state index contributed by atoms with van der Waals surface area (Å²) in [6.45, 7) is 1.81. The molecule has 4 rings (SSSR count). The molecule has 178 valence electrons. The molecule has 1 atom stereocenters. The Morgan fingerprint density at radius 1 is 1.00 bits per heavy atom. The Labute approximate surface area is 201 Å². The van der Waals surface area contributed by atoms with Crippen LogP contribution in [0.3, 0.4) is 0 Å². The van der Waals surface area contributed by atoms with Crippen molar-refractivity contribution in [3.05, 3.63) is 77.2 Å². The number of anilines is 1. The fourth-order valence-electron chi connectivity index (χ4n) is 3.66. The molecule has 2 amide bonds. The zero-order chi connectivity index (χ0) is 24.7. The van der Waals surface area contributed by atoms with Gasteiger partial charge in [0.2, 0.25) is 15.9 Å². The van der Waals surface area contributed by atoms with Gasteiger partial charge in [-0.2, -0.15) is 4.31 Å². The summed E-state index contributed by atoms with van der Waals surface area (Å²) in [5, 5.41) is 6.73. The molecular weight excluding hydrogens is 498 g/mol. The van der Waals surface area contributed by atoms with Gasteiger partial charge in [-0.1, -0.05) is 35.9 Å². The maximum Gasteiger partial charge on any atom is 0.253 e. The molecule has 0 spiro atoms. The average molecular weight is 520 g/mol. The number of benzene rings is 2. The first kappa shape index (κ1) is 24.2. The third kappa shape index (κ3) is 4.68. The van der Waals surface area contributed by atoms with Crippen molar-refractivity contribution in [1.82, 2.24) is 4.31 Å². The van der Waals surface area contributed by atoms with E-state index >= 15 is 0 Å². The Morgan fingerprint density at radius 3 is 2.21 bits per heavy atom. The Bertz CT molecular complexity index is 1430. The third-order valence-electron chi connectivity index (χ3n) is 5.41. The van der Waals surface area contributed by atoms with Gasteiger partial charge in [-0.3, -0.25) is 9.59 Å². The number of thiophene rings is 1. The first-order chi connectivity index (χ1) is 16.0. The van der Waals surface area contributed by atoms with E-state index in [0.29, 0.717) is 5.56 Å². The summed E-state index contributed by atoms with van der Waals surface area (Å²) < 4.78 is 51.1. The lowest BCUT2D eigenvalue weighted by Gasteiger charge is -2.26. The maximum absolute atomic E-state index is 13.5. The van der Waals surface area contributed by atoms with Gasteiger partial charge < -0.3 is 0 Å². The highest BCUT2D eigenvalue weighted by Gasteiger charge is 2.47. The highest BCUT2D eigenvalue weighted by Crippen LogP contribution is 2.32. The second-order valence-electron chi connectivity index (χ2n) is 7.79. The molecular formula is C22H21N3O6S3. The van der Waals surface area contributed by atoms with Crippen molar-refractivity contribution in [3.8, 4) is 0 Å². The number of sulfonamides is 2. The number of amides is 2. The van der Waals surface area contributed by atoms with Crippen LogP contribution in [-0.2, 0) is 36.2 Å². The molecule has 0 bridgehead atoms. The van der Waals surface area contributed by atoms with Crippen LogP contribution in [0, 0.1) is 6.92 Å². The lowest BCUT2D eigenvalue weighted by atomic mass is 10.1. The standard InChI is InChI=1S/C22H21N3O6S3/c1-15-4-6-16(7-5-15)14-24(34(30,31)21-3-2-12-32-21)19-13-20(26)25(22(19)27)17-8-10-18(11-9-17)33(23,28)29/h2-12,19H,13-14H2,1H3,(H2,23,28,29). The molecule has 1 aromatic heterocycles. The zero-order valence-corrected chi connectivity index (χ0v) is 20.4. The number of hydrogen-bond donors (Lipinski definition) is 1. The molecule has 34 heavy (non-hydrogen) atoms. The summed E-state index contributed by atoms with van der Waals surface area (Å²) in [7, 11) is -8.03. The van der Waals surface area contributed by atoms with Gasteiger partial charge in [-0.25, -0.2) is 26.9 Å². The lowest BCUT2D eigenvalue weighted by molar-refractivity contribution is -0.122. The van der Waals surface area contributed by atoms with Crippen LogP contribution in [0.15, 0.2) is 75.1 Å². The topological polar surface area (TPSA) is 135 Å². The number of hydrogen-bond acceptors (Lipinski definition) is 7. The van der Waals surface area contributed by atoms with Crippen LogP contribution in [0.5, 0.6) is 0 Å². The van der Waals surface area contributed by atoms with E-state index in [9.17, 15) is 26.4 Å². The molecule has 9 nitrogen and oxygen atoms in total. The minimum Gasteiger partial charge on any atom is -0.274 e. The summed E-state index contributed by atoms with van der Waals surface area (Å²) in [6, 6.07) is 14.0. The van der Waals surface area contributed by atoms with E-state index in [4.69, 9.17) is 5.14 Å². The molecule has 1 saturated heterocycles. The molecule has 12 heteroatoms. The van der Waals surface area contributed by atoms with Crippen molar-refractivity contribution in [2.45, 2.75) is 35.0 Å². The summed E-state index contributed by atoms with van der Waals surface area (Å²) in [4.78, 5) is 26.9. The van der Waals surface area contributed by atoms with Crippen molar-refractivity contribution in [2.24, 2.45) is 5.14 Å². The number of primary sulfonamides is 1. The number of nitrogens with two attached hydrogens (primary N) is 1. The van der Waals surface area contributed by atoms with E-state index in [2.05, 4.69) is 0 Å². The van der Waals surface area contributed by atoms with Crippen molar-refractivity contribution in [2.75, 3.05) is 4.90 Å². The van der Waals surface area contributed by atoms with E-state index in [-0.39, 0.29) is 27.8 Å². The largest absolute Gasteiger partial charge is 0.274 e. The molecule has 0 aliphatic carbocycles. The second kappa shape index (κ2) is 9.04. The van der Waals surface area contributed by atoms with E-state index in [0.717, 1.165) is 26.1 Å². The van der Waals surface area contributed by atoms with Crippen LogP contribution in [0.2, 0.25) is 0 Å². The normalized spacial score (nSPS) is 17.0. The highest BCUT2D eigenvalue weighted by molar-refractivity contribution is 7.91. The van der Waals surface area contributed by atoms with Crippen molar-refractivity contribution in [1.29, 1.82) is 0 Å². The van der Waals surface area contributed by atoms with E-state index in [1.54, 1.807) is 23.6 Å². The van der Waals surface area contributed by atoms with Gasteiger partial charge in [0.25, 0.3) is 15.9 Å². The number of carbonyl (C=O) groups is 2. The van der Waals surface area contributed by atoms with Crippen LogP contribution < -0.4 is 10.0 Å². The summed E-state index contributed by atoms with van der Waals surface area (Å²) in [6.07, 6.45) is -0.341. The van der Waals surface area contributed by atoms with Gasteiger partial charge in [0.15, 0.2) is 0 Å². The van der Waals surface area contributed by atoms with Crippen molar-refractivity contribution < 1.29 is 26.4 Å². The van der Waals surface area contributed by atoms with Crippen LogP contribution in [0.1, 0.15) is 17.5 Å². The van der Waals surface area contributed by atoms with Crippen LogP contribution in [0.4, 0.5) is 5.69 Å². The fraction of sp³-hybridized carbons (Fsp3) is 0.182. The SMILES string of the molecule is Cc1ccc(CN(C2CC(=O)N(c3ccc(S(N)(=O)=O)cc3)C2=O)S(=O)(=O)c2cccs2)cc1. The van der Waals surface area contributed by atoms with Gasteiger partial charge in [0.1, 0.15) is 10.3 Å². The smallest absolute Gasteiger partial charge is 0.253 e. The first-order valence-corrected chi connectivity index (χ1v) is 14.0. The lowest BCUT2D eigenvalue weighted by Crippen LogP contribution is -2.44. The van der Waals surface area contributed by atoms with Crippen LogP contribution >= 0.6 is 11.3 Å². The molecule has 1 aliphatic heterocycles. The molecule has 0 saturated carbocycles. The number of aryl methyl sites for hydroxylation is 1. The van der Waals surface area contributed by atoms with E-state index in [1.807, 2.05) is 19.1 Å². The summed E-state index contributed by atoms with van der Waals surface area (Å²) >= 11 is 1.02. The molecule has 1 fully saturated rings. The highest BCUT2D eigenvalue weighted by atomic mass is 32.2. The first-order valence-electron chi connectivity index (χ1n) is 10.1. The van der Waals surface area contributed by atoms with Crippen molar-refractivity contribution >= 4 is 48.9 Å². The van der Waals surface area contributed by atoms with Gasteiger partial charge >= 0.3 is 0 Å². The predicted molar refractivity (Wildman–Crippen MR) is 127 cm³/mol. The Kier molecular flexibility index (Phi) is 6.44. The summed E-state index contributed by atoms with van der Waals surface area (Å²) in [5.74, 6) is -1.30. The van der Waals surface area contributed by atoms with Gasteiger partial charge in [0, 0.05) is 6.54 Å². The zero-order valence-electron chi connectivity index (χ0n) is 18.0. The molecule has 2 heterocycles. The number of rotatable bonds is 7.